The average molecular weight is 276 g/mol. The summed E-state index contributed by atoms with van der Waals surface area (Å²) in [7, 11) is 0. The smallest absolute Gasteiger partial charge is 0.339 e. The van der Waals surface area contributed by atoms with Crippen LogP contribution in [0, 0.1) is 25.7 Å². The van der Waals surface area contributed by atoms with Gasteiger partial charge in [-0.3, -0.25) is 0 Å². The summed E-state index contributed by atoms with van der Waals surface area (Å²) in [6.07, 6.45) is 3.35. The number of hydrogen-bond donors (Lipinski definition) is 2. The van der Waals surface area contributed by atoms with Crippen LogP contribution in [0.4, 0.5) is 5.82 Å². The predicted octanol–water partition coefficient (Wildman–Crippen LogP) is 3.63. The highest BCUT2D eigenvalue weighted by Gasteiger charge is 2.26. The molecule has 0 aromatic carbocycles. The molecular weight excluding hydrogens is 252 g/mol. The molecule has 0 radical (unpaired) electrons. The molecule has 1 heterocycles. The zero-order valence-electron chi connectivity index (χ0n) is 12.7. The molecule has 1 aliphatic rings. The van der Waals surface area contributed by atoms with Gasteiger partial charge in [0.2, 0.25) is 0 Å². The highest BCUT2D eigenvalue weighted by molar-refractivity contribution is 5.94. The number of hydrogen-bond acceptors (Lipinski definition) is 3. The fraction of sp³-hybridized carbons (Fsp3) is 0.625. The number of anilines is 1. The minimum atomic E-state index is -0.908. The predicted molar refractivity (Wildman–Crippen MR) is 80.3 cm³/mol. The SMILES string of the molecule is Cc1cc(C)c(C(=O)O)c(NC2CCC(C)C(C)C2)n1. The Morgan fingerprint density at radius 1 is 1.30 bits per heavy atom. The molecule has 110 valence electrons. The zero-order chi connectivity index (χ0) is 14.9. The Hall–Kier alpha value is -1.58. The Bertz CT molecular complexity index is 513. The van der Waals surface area contributed by atoms with E-state index in [1.807, 2.05) is 19.9 Å². The van der Waals surface area contributed by atoms with E-state index >= 15 is 0 Å². The standard InChI is InChI=1S/C16H24N2O2/c1-9-5-6-13(8-10(9)2)18-15-14(16(19)20)11(3)7-12(4)17-15/h7,9-10,13H,5-6,8H2,1-4H3,(H,17,18)(H,19,20). The minimum absolute atomic E-state index is 0.307. The molecule has 0 bridgehead atoms. The van der Waals surface area contributed by atoms with Gasteiger partial charge in [0.15, 0.2) is 0 Å². The Labute approximate surface area is 120 Å². The minimum Gasteiger partial charge on any atom is -0.478 e. The molecule has 4 heteroatoms. The maximum Gasteiger partial charge on any atom is 0.339 e. The van der Waals surface area contributed by atoms with Gasteiger partial charge in [-0.1, -0.05) is 13.8 Å². The van der Waals surface area contributed by atoms with E-state index in [1.165, 1.54) is 6.42 Å². The third kappa shape index (κ3) is 3.11. The molecule has 3 unspecified atom stereocenters. The molecule has 3 atom stereocenters. The molecule has 1 aromatic rings. The van der Waals surface area contributed by atoms with Gasteiger partial charge in [0.1, 0.15) is 11.4 Å². The molecule has 0 amide bonds. The van der Waals surface area contributed by atoms with Crippen LogP contribution < -0.4 is 5.32 Å². The van der Waals surface area contributed by atoms with Crippen molar-refractivity contribution < 1.29 is 9.90 Å². The second kappa shape index (κ2) is 5.81. The summed E-state index contributed by atoms with van der Waals surface area (Å²) in [4.78, 5) is 15.8. The number of aryl methyl sites for hydroxylation is 2. The maximum atomic E-state index is 11.4. The van der Waals surface area contributed by atoms with Crippen LogP contribution in [-0.2, 0) is 0 Å². The molecule has 4 nitrogen and oxygen atoms in total. The number of nitrogens with zero attached hydrogens (tertiary/aromatic N) is 1. The molecule has 2 N–H and O–H groups in total. The van der Waals surface area contributed by atoms with Gasteiger partial charge in [-0.15, -0.1) is 0 Å². The average Bonchev–Trinajstić information content (AvgIpc) is 2.32. The largest absolute Gasteiger partial charge is 0.478 e. The van der Waals surface area contributed by atoms with Gasteiger partial charge in [-0.2, -0.15) is 0 Å². The molecule has 0 spiro atoms. The van der Waals surface area contributed by atoms with Crippen molar-refractivity contribution >= 4 is 11.8 Å². The van der Waals surface area contributed by atoms with E-state index in [0.717, 1.165) is 30.0 Å². The lowest BCUT2D eigenvalue weighted by atomic mass is 9.79. The molecule has 1 aromatic heterocycles. The molecular formula is C16H24N2O2. The number of carboxylic acid groups (broad SMARTS) is 1. The summed E-state index contributed by atoms with van der Waals surface area (Å²) >= 11 is 0. The van der Waals surface area contributed by atoms with Crippen molar-refractivity contribution in [1.82, 2.24) is 4.98 Å². The van der Waals surface area contributed by atoms with Crippen LogP contribution in [-0.4, -0.2) is 22.1 Å². The zero-order valence-corrected chi connectivity index (χ0v) is 12.7. The number of aromatic carboxylic acids is 1. The first kappa shape index (κ1) is 14.8. The number of aromatic nitrogens is 1. The highest BCUT2D eigenvalue weighted by atomic mass is 16.4. The maximum absolute atomic E-state index is 11.4. The third-order valence-electron chi connectivity index (χ3n) is 4.50. The first-order valence-corrected chi connectivity index (χ1v) is 7.36. The summed E-state index contributed by atoms with van der Waals surface area (Å²) in [5.74, 6) is 1.04. The van der Waals surface area contributed by atoms with E-state index in [-0.39, 0.29) is 0 Å². The van der Waals surface area contributed by atoms with Gasteiger partial charge < -0.3 is 10.4 Å². The van der Waals surface area contributed by atoms with E-state index in [2.05, 4.69) is 24.1 Å². The van der Waals surface area contributed by atoms with Gasteiger partial charge in [-0.05, 0) is 56.6 Å². The van der Waals surface area contributed by atoms with Crippen molar-refractivity contribution in [3.63, 3.8) is 0 Å². The first-order valence-electron chi connectivity index (χ1n) is 7.36. The Morgan fingerprint density at radius 3 is 2.60 bits per heavy atom. The molecule has 2 rings (SSSR count). The number of carboxylic acids is 1. The van der Waals surface area contributed by atoms with Crippen molar-refractivity contribution in [2.24, 2.45) is 11.8 Å². The van der Waals surface area contributed by atoms with Gasteiger partial charge >= 0.3 is 5.97 Å². The quantitative estimate of drug-likeness (QED) is 0.885. The third-order valence-corrected chi connectivity index (χ3v) is 4.50. The number of pyridine rings is 1. The molecule has 20 heavy (non-hydrogen) atoms. The van der Waals surface area contributed by atoms with E-state index in [9.17, 15) is 9.90 Å². The fourth-order valence-corrected chi connectivity index (χ4v) is 3.08. The van der Waals surface area contributed by atoms with Crippen LogP contribution in [0.15, 0.2) is 6.07 Å². The second-order valence-corrected chi connectivity index (χ2v) is 6.22. The number of carbonyl (C=O) groups is 1. The highest BCUT2D eigenvalue weighted by Crippen LogP contribution is 2.31. The van der Waals surface area contributed by atoms with Crippen LogP contribution in [0.3, 0.4) is 0 Å². The molecule has 0 saturated heterocycles. The lowest BCUT2D eigenvalue weighted by molar-refractivity contribution is 0.0696. The number of rotatable bonds is 3. The Balaban J connectivity index is 2.23. The lowest BCUT2D eigenvalue weighted by Crippen LogP contribution is -2.31. The Morgan fingerprint density at radius 2 is 2.00 bits per heavy atom. The topological polar surface area (TPSA) is 62.2 Å². The number of nitrogens with one attached hydrogen (secondary N) is 1. The summed E-state index contributed by atoms with van der Waals surface area (Å²) in [5.41, 5.74) is 1.93. The van der Waals surface area contributed by atoms with Crippen LogP contribution in [0.1, 0.15) is 54.7 Å². The molecule has 0 aliphatic heterocycles. The van der Waals surface area contributed by atoms with Gasteiger partial charge in [0.25, 0.3) is 0 Å². The van der Waals surface area contributed by atoms with Crippen molar-refractivity contribution in [2.45, 2.75) is 53.0 Å². The van der Waals surface area contributed by atoms with Crippen LogP contribution >= 0.6 is 0 Å². The van der Waals surface area contributed by atoms with Crippen LogP contribution in [0.2, 0.25) is 0 Å². The van der Waals surface area contributed by atoms with E-state index < -0.39 is 5.97 Å². The van der Waals surface area contributed by atoms with Crippen molar-refractivity contribution in [1.29, 1.82) is 0 Å². The second-order valence-electron chi connectivity index (χ2n) is 6.22. The fourth-order valence-electron chi connectivity index (χ4n) is 3.08. The summed E-state index contributed by atoms with van der Waals surface area (Å²) in [5, 5.41) is 12.8. The van der Waals surface area contributed by atoms with Crippen LogP contribution in [0.5, 0.6) is 0 Å². The summed E-state index contributed by atoms with van der Waals surface area (Å²) in [6.45, 7) is 8.29. The van der Waals surface area contributed by atoms with E-state index in [4.69, 9.17) is 0 Å². The van der Waals surface area contributed by atoms with Crippen LogP contribution in [0.25, 0.3) is 0 Å². The monoisotopic (exact) mass is 276 g/mol. The van der Waals surface area contributed by atoms with Crippen molar-refractivity contribution in [2.75, 3.05) is 5.32 Å². The van der Waals surface area contributed by atoms with Crippen molar-refractivity contribution in [3.8, 4) is 0 Å². The molecule has 1 aliphatic carbocycles. The molecule has 1 fully saturated rings. The summed E-state index contributed by atoms with van der Waals surface area (Å²) in [6, 6.07) is 2.15. The summed E-state index contributed by atoms with van der Waals surface area (Å²) < 4.78 is 0. The van der Waals surface area contributed by atoms with Gasteiger partial charge in [-0.25, -0.2) is 9.78 Å². The Kier molecular flexibility index (Phi) is 4.31. The van der Waals surface area contributed by atoms with Gasteiger partial charge in [0, 0.05) is 11.7 Å². The van der Waals surface area contributed by atoms with E-state index in [0.29, 0.717) is 23.3 Å². The van der Waals surface area contributed by atoms with E-state index in [1.54, 1.807) is 0 Å². The van der Waals surface area contributed by atoms with Crippen molar-refractivity contribution in [3.05, 3.63) is 22.9 Å². The first-order chi connectivity index (χ1) is 9.38. The lowest BCUT2D eigenvalue weighted by Gasteiger charge is -2.33. The van der Waals surface area contributed by atoms with Gasteiger partial charge in [0.05, 0.1) is 0 Å². The normalized spacial score (nSPS) is 26.3. The molecule has 1 saturated carbocycles.